The third-order valence-electron chi connectivity index (χ3n) is 6.27. The lowest BCUT2D eigenvalue weighted by Gasteiger charge is -2.50. The number of β-lactam (4-membered cyclic amide) rings is 1. The molecule has 1 N–H and O–H groups in total. The fraction of sp³-hybridized carbons (Fsp3) is 0.259. The zero-order chi connectivity index (χ0) is 23.0. The van der Waals surface area contributed by atoms with Crippen molar-refractivity contribution in [3.8, 4) is 0 Å². The number of rotatable bonds is 5. The Balaban J connectivity index is 1.82. The van der Waals surface area contributed by atoms with Crippen molar-refractivity contribution in [3.63, 3.8) is 0 Å². The minimum Gasteiger partial charge on any atom is -0.323 e. The second-order valence-corrected chi connectivity index (χ2v) is 9.18. The molecule has 1 atom stereocenters. The Morgan fingerprint density at radius 2 is 1.56 bits per heavy atom. The van der Waals surface area contributed by atoms with Gasteiger partial charge in [-0.05, 0) is 66.3 Å². The summed E-state index contributed by atoms with van der Waals surface area (Å²) >= 11 is 6.07. The lowest BCUT2D eigenvalue weighted by Crippen LogP contribution is -2.67. The predicted octanol–water partition coefficient (Wildman–Crippen LogP) is 6.35. The van der Waals surface area contributed by atoms with E-state index in [0.29, 0.717) is 16.6 Å². The highest BCUT2D eigenvalue weighted by atomic mass is 35.5. The van der Waals surface area contributed by atoms with Crippen LogP contribution in [0, 0.1) is 13.8 Å². The zero-order valence-corrected chi connectivity index (χ0v) is 19.5. The van der Waals surface area contributed by atoms with E-state index in [0.717, 1.165) is 22.4 Å². The first-order valence-electron chi connectivity index (χ1n) is 10.8. The Kier molecular flexibility index (Phi) is 5.83. The molecule has 1 saturated heterocycles. The van der Waals surface area contributed by atoms with Crippen LogP contribution in [0.5, 0.6) is 0 Å². The van der Waals surface area contributed by atoms with E-state index in [1.54, 1.807) is 29.2 Å². The number of benzene rings is 3. The number of para-hydroxylation sites is 1. The third kappa shape index (κ3) is 3.69. The van der Waals surface area contributed by atoms with Gasteiger partial charge in [0.15, 0.2) is 5.54 Å². The van der Waals surface area contributed by atoms with Crippen LogP contribution in [0.4, 0.5) is 11.4 Å². The summed E-state index contributed by atoms with van der Waals surface area (Å²) in [7, 11) is 0. The number of halogens is 1. The maximum Gasteiger partial charge on any atom is 0.255 e. The molecule has 0 aromatic heterocycles. The quantitative estimate of drug-likeness (QED) is 0.464. The summed E-state index contributed by atoms with van der Waals surface area (Å²) in [6.07, 6.45) is 0.105. The molecule has 1 heterocycles. The maximum atomic E-state index is 13.9. The molecular formula is C27H27ClN2O2. The normalized spacial score (nSPS) is 17.9. The van der Waals surface area contributed by atoms with E-state index in [9.17, 15) is 9.59 Å². The van der Waals surface area contributed by atoms with Crippen LogP contribution in [0.25, 0.3) is 0 Å². The third-order valence-corrected chi connectivity index (χ3v) is 6.53. The smallest absolute Gasteiger partial charge is 0.255 e. The van der Waals surface area contributed by atoms with Crippen LogP contribution >= 0.6 is 11.6 Å². The molecule has 4 nitrogen and oxygen atoms in total. The molecule has 5 heteroatoms. The lowest BCUT2D eigenvalue weighted by molar-refractivity contribution is -0.137. The topological polar surface area (TPSA) is 49.4 Å². The number of anilines is 2. The van der Waals surface area contributed by atoms with Crippen LogP contribution in [0.3, 0.4) is 0 Å². The molecule has 1 aliphatic rings. The minimum absolute atomic E-state index is 0.100. The van der Waals surface area contributed by atoms with Gasteiger partial charge >= 0.3 is 0 Å². The van der Waals surface area contributed by atoms with Gasteiger partial charge in [0.2, 0.25) is 5.91 Å². The van der Waals surface area contributed by atoms with Crippen LogP contribution in [0.1, 0.15) is 48.4 Å². The van der Waals surface area contributed by atoms with Crippen molar-refractivity contribution < 1.29 is 9.59 Å². The SMILES string of the molecule is Cc1cccc(C)c1NC(=O)[C@]1(c2ccc(C(C)C)cc2)CC(=O)N1c1ccc(Cl)cc1. The molecule has 32 heavy (non-hydrogen) atoms. The molecule has 0 aliphatic carbocycles. The van der Waals surface area contributed by atoms with Crippen LogP contribution in [0.2, 0.25) is 5.02 Å². The number of hydrogen-bond donors (Lipinski definition) is 1. The molecule has 2 amide bonds. The van der Waals surface area contributed by atoms with Gasteiger partial charge in [0.1, 0.15) is 0 Å². The summed E-state index contributed by atoms with van der Waals surface area (Å²) in [4.78, 5) is 28.4. The molecule has 164 valence electrons. The van der Waals surface area contributed by atoms with Crippen molar-refractivity contribution in [2.24, 2.45) is 0 Å². The van der Waals surface area contributed by atoms with Crippen LogP contribution < -0.4 is 10.2 Å². The van der Waals surface area contributed by atoms with Crippen molar-refractivity contribution >= 4 is 34.8 Å². The Bertz CT molecular complexity index is 1150. The molecule has 3 aromatic rings. The molecule has 0 saturated carbocycles. The number of carbonyl (C=O) groups is 2. The van der Waals surface area contributed by atoms with E-state index >= 15 is 0 Å². The van der Waals surface area contributed by atoms with Gasteiger partial charge in [-0.3, -0.25) is 14.5 Å². The Labute approximate surface area is 194 Å². The van der Waals surface area contributed by atoms with E-state index in [1.807, 2.05) is 56.3 Å². The highest BCUT2D eigenvalue weighted by Gasteiger charge is 2.58. The number of amides is 2. The van der Waals surface area contributed by atoms with E-state index in [4.69, 9.17) is 11.6 Å². The second-order valence-electron chi connectivity index (χ2n) is 8.74. The molecule has 1 fully saturated rings. The molecule has 0 radical (unpaired) electrons. The van der Waals surface area contributed by atoms with Gasteiger partial charge in [-0.1, -0.05) is 67.9 Å². The van der Waals surface area contributed by atoms with Crippen molar-refractivity contribution in [2.75, 3.05) is 10.2 Å². The average Bonchev–Trinajstić information content (AvgIpc) is 2.76. The van der Waals surface area contributed by atoms with Crippen LogP contribution in [-0.4, -0.2) is 11.8 Å². The first-order chi connectivity index (χ1) is 15.2. The highest BCUT2D eigenvalue weighted by Crippen LogP contribution is 2.46. The first kappa shape index (κ1) is 22.1. The van der Waals surface area contributed by atoms with Gasteiger partial charge in [-0.2, -0.15) is 0 Å². The maximum absolute atomic E-state index is 13.9. The van der Waals surface area contributed by atoms with Gasteiger partial charge in [0.25, 0.3) is 5.91 Å². The van der Waals surface area contributed by atoms with E-state index in [-0.39, 0.29) is 18.2 Å². The summed E-state index contributed by atoms with van der Waals surface area (Å²) in [5.74, 6) is 0.0532. The fourth-order valence-electron chi connectivity index (χ4n) is 4.37. The number of carbonyl (C=O) groups excluding carboxylic acids is 2. The summed E-state index contributed by atoms with van der Waals surface area (Å²) in [6.45, 7) is 8.20. The second kappa shape index (κ2) is 8.44. The summed E-state index contributed by atoms with van der Waals surface area (Å²) in [5.41, 5.74) is 4.23. The molecule has 0 spiro atoms. The Morgan fingerprint density at radius 3 is 2.09 bits per heavy atom. The van der Waals surface area contributed by atoms with Crippen LogP contribution in [-0.2, 0) is 15.1 Å². The lowest BCUT2D eigenvalue weighted by atomic mass is 9.75. The van der Waals surface area contributed by atoms with E-state index in [1.165, 1.54) is 5.56 Å². The van der Waals surface area contributed by atoms with Crippen LogP contribution in [0.15, 0.2) is 66.7 Å². The fourth-order valence-corrected chi connectivity index (χ4v) is 4.50. The van der Waals surface area contributed by atoms with Gasteiger partial charge in [-0.25, -0.2) is 0 Å². The first-order valence-corrected chi connectivity index (χ1v) is 11.2. The number of hydrogen-bond acceptors (Lipinski definition) is 2. The van der Waals surface area contributed by atoms with Gasteiger partial charge in [0.05, 0.1) is 6.42 Å². The molecular weight excluding hydrogens is 420 g/mol. The van der Waals surface area contributed by atoms with Crippen molar-refractivity contribution in [1.82, 2.24) is 0 Å². The molecule has 3 aromatic carbocycles. The van der Waals surface area contributed by atoms with Crippen molar-refractivity contribution in [1.29, 1.82) is 0 Å². The molecule has 0 bridgehead atoms. The summed E-state index contributed by atoms with van der Waals surface area (Å²) in [6, 6.07) is 20.9. The van der Waals surface area contributed by atoms with E-state index in [2.05, 4.69) is 19.2 Å². The Hall–Kier alpha value is -3.11. The summed E-state index contributed by atoms with van der Waals surface area (Å²) < 4.78 is 0. The Morgan fingerprint density at radius 1 is 0.969 bits per heavy atom. The van der Waals surface area contributed by atoms with Gasteiger partial charge < -0.3 is 5.32 Å². The highest BCUT2D eigenvalue weighted by molar-refractivity contribution is 6.30. The van der Waals surface area contributed by atoms with E-state index < -0.39 is 5.54 Å². The number of aryl methyl sites for hydroxylation is 2. The summed E-state index contributed by atoms with van der Waals surface area (Å²) in [5, 5.41) is 3.71. The molecule has 0 unspecified atom stereocenters. The van der Waals surface area contributed by atoms with Gasteiger partial charge in [0, 0.05) is 16.4 Å². The minimum atomic E-state index is -1.13. The largest absolute Gasteiger partial charge is 0.323 e. The molecule has 4 rings (SSSR count). The number of nitrogens with one attached hydrogen (secondary N) is 1. The van der Waals surface area contributed by atoms with Crippen molar-refractivity contribution in [2.45, 2.75) is 45.6 Å². The zero-order valence-electron chi connectivity index (χ0n) is 18.8. The standard InChI is InChI=1S/C27H27ClN2O2/c1-17(2)20-8-10-21(11-9-20)27(26(32)29-25-18(3)6-5-7-19(25)4)16-24(31)30(27)23-14-12-22(28)13-15-23/h5-15,17H,16H2,1-4H3,(H,29,32)/t27-/m1/s1. The monoisotopic (exact) mass is 446 g/mol. The number of nitrogens with zero attached hydrogens (tertiary/aromatic N) is 1. The molecule has 1 aliphatic heterocycles. The predicted molar refractivity (Wildman–Crippen MR) is 130 cm³/mol. The van der Waals surface area contributed by atoms with Gasteiger partial charge in [-0.15, -0.1) is 0 Å². The average molecular weight is 447 g/mol. The van der Waals surface area contributed by atoms with Crippen molar-refractivity contribution in [3.05, 3.63) is 94.0 Å².